The largest absolute Gasteiger partial charge is 0.296 e. The lowest BCUT2D eigenvalue weighted by molar-refractivity contribution is 0.255. The van der Waals surface area contributed by atoms with Crippen molar-refractivity contribution in [2.75, 3.05) is 6.54 Å². The number of aromatic amines is 1. The van der Waals surface area contributed by atoms with Gasteiger partial charge in [-0.3, -0.25) is 10.00 Å². The van der Waals surface area contributed by atoms with Gasteiger partial charge in [-0.1, -0.05) is 6.92 Å². The fraction of sp³-hybridized carbons (Fsp3) is 0.438. The Balaban J connectivity index is 1.80. The zero-order chi connectivity index (χ0) is 13.9. The molecule has 1 heterocycles. The van der Waals surface area contributed by atoms with Crippen LogP contribution in [0.2, 0.25) is 0 Å². The third-order valence-corrected chi connectivity index (χ3v) is 3.80. The Labute approximate surface area is 118 Å². The summed E-state index contributed by atoms with van der Waals surface area (Å²) in [7, 11) is 0. The molecule has 1 fully saturated rings. The van der Waals surface area contributed by atoms with E-state index in [1.54, 1.807) is 12.1 Å². The van der Waals surface area contributed by atoms with E-state index in [2.05, 4.69) is 22.0 Å². The summed E-state index contributed by atoms with van der Waals surface area (Å²) in [5.41, 5.74) is 3.19. The number of rotatable bonds is 6. The topological polar surface area (TPSA) is 31.9 Å². The van der Waals surface area contributed by atoms with E-state index >= 15 is 0 Å². The number of H-pyrrole nitrogens is 1. The molecule has 0 aliphatic heterocycles. The lowest BCUT2D eigenvalue weighted by atomic mass is 10.1. The molecule has 20 heavy (non-hydrogen) atoms. The summed E-state index contributed by atoms with van der Waals surface area (Å²) in [6.07, 6.45) is 5.68. The number of halogens is 1. The molecule has 1 aromatic heterocycles. The van der Waals surface area contributed by atoms with Crippen molar-refractivity contribution in [2.45, 2.75) is 38.8 Å². The van der Waals surface area contributed by atoms with Crippen molar-refractivity contribution in [1.82, 2.24) is 15.1 Å². The average Bonchev–Trinajstić information content (AvgIpc) is 3.20. The lowest BCUT2D eigenvalue weighted by Gasteiger charge is -2.21. The zero-order valence-electron chi connectivity index (χ0n) is 11.8. The van der Waals surface area contributed by atoms with Gasteiger partial charge in [0.25, 0.3) is 0 Å². The van der Waals surface area contributed by atoms with Gasteiger partial charge in [-0.15, -0.1) is 0 Å². The van der Waals surface area contributed by atoms with Crippen molar-refractivity contribution in [2.24, 2.45) is 0 Å². The second-order valence-electron chi connectivity index (χ2n) is 5.48. The monoisotopic (exact) mass is 273 g/mol. The molecule has 1 N–H and O–H groups in total. The second-order valence-corrected chi connectivity index (χ2v) is 5.48. The first-order valence-corrected chi connectivity index (χ1v) is 7.30. The van der Waals surface area contributed by atoms with Gasteiger partial charge in [0.1, 0.15) is 5.82 Å². The Bertz CT molecular complexity index is 557. The quantitative estimate of drug-likeness (QED) is 0.872. The van der Waals surface area contributed by atoms with Crippen LogP contribution in [0.5, 0.6) is 0 Å². The standard InChI is InChI=1S/C16H20FN3/c1-2-9-20(15-7-8-15)11-13-10-18-19-16(13)12-3-5-14(17)6-4-12/h3-6,10,15H,2,7-9,11H2,1H3,(H,18,19). The van der Waals surface area contributed by atoms with Gasteiger partial charge in [-0.25, -0.2) is 4.39 Å². The van der Waals surface area contributed by atoms with Gasteiger partial charge < -0.3 is 0 Å². The van der Waals surface area contributed by atoms with E-state index in [0.29, 0.717) is 0 Å². The van der Waals surface area contributed by atoms with E-state index < -0.39 is 0 Å². The number of hydrogen-bond acceptors (Lipinski definition) is 2. The van der Waals surface area contributed by atoms with Crippen LogP contribution in [0.4, 0.5) is 4.39 Å². The maximum atomic E-state index is 13.0. The number of hydrogen-bond donors (Lipinski definition) is 1. The number of nitrogens with zero attached hydrogens (tertiary/aromatic N) is 2. The van der Waals surface area contributed by atoms with Crippen LogP contribution in [0.1, 0.15) is 31.7 Å². The molecule has 1 aliphatic rings. The van der Waals surface area contributed by atoms with Gasteiger partial charge in [0.2, 0.25) is 0 Å². The number of nitrogens with one attached hydrogen (secondary N) is 1. The third kappa shape index (κ3) is 2.90. The van der Waals surface area contributed by atoms with Crippen molar-refractivity contribution in [3.63, 3.8) is 0 Å². The molecular weight excluding hydrogens is 253 g/mol. The van der Waals surface area contributed by atoms with Crippen LogP contribution >= 0.6 is 0 Å². The maximum Gasteiger partial charge on any atom is 0.123 e. The molecule has 3 rings (SSSR count). The fourth-order valence-electron chi connectivity index (χ4n) is 2.63. The predicted molar refractivity (Wildman–Crippen MR) is 77.7 cm³/mol. The molecule has 0 spiro atoms. The first-order valence-electron chi connectivity index (χ1n) is 7.30. The maximum absolute atomic E-state index is 13.0. The summed E-state index contributed by atoms with van der Waals surface area (Å²) in [6.45, 7) is 4.26. The molecule has 1 aromatic carbocycles. The SMILES string of the molecule is CCCN(Cc1cn[nH]c1-c1ccc(F)cc1)C1CC1. The summed E-state index contributed by atoms with van der Waals surface area (Å²) in [4.78, 5) is 2.53. The molecule has 0 amide bonds. The summed E-state index contributed by atoms with van der Waals surface area (Å²) < 4.78 is 13.0. The van der Waals surface area contributed by atoms with E-state index in [1.807, 2.05) is 6.20 Å². The Morgan fingerprint density at radius 2 is 2.05 bits per heavy atom. The van der Waals surface area contributed by atoms with Crippen LogP contribution in [-0.2, 0) is 6.54 Å². The Kier molecular flexibility index (Phi) is 3.83. The Morgan fingerprint density at radius 1 is 1.30 bits per heavy atom. The third-order valence-electron chi connectivity index (χ3n) is 3.80. The highest BCUT2D eigenvalue weighted by Gasteiger charge is 2.29. The Hall–Kier alpha value is -1.68. The molecule has 1 aliphatic carbocycles. The van der Waals surface area contributed by atoms with Crippen LogP contribution in [-0.4, -0.2) is 27.7 Å². The van der Waals surface area contributed by atoms with Gasteiger partial charge in [0.15, 0.2) is 0 Å². The number of aromatic nitrogens is 2. The van der Waals surface area contributed by atoms with Crippen molar-refractivity contribution in [3.05, 3.63) is 41.8 Å². The normalized spacial score (nSPS) is 14.9. The van der Waals surface area contributed by atoms with Gasteiger partial charge >= 0.3 is 0 Å². The highest BCUT2D eigenvalue weighted by atomic mass is 19.1. The van der Waals surface area contributed by atoms with Crippen LogP contribution in [0.25, 0.3) is 11.3 Å². The molecule has 1 saturated carbocycles. The summed E-state index contributed by atoms with van der Waals surface area (Å²) in [6, 6.07) is 7.32. The number of benzene rings is 1. The molecule has 0 saturated heterocycles. The molecule has 106 valence electrons. The highest BCUT2D eigenvalue weighted by molar-refractivity contribution is 5.62. The minimum Gasteiger partial charge on any atom is -0.296 e. The summed E-state index contributed by atoms with van der Waals surface area (Å²) in [5, 5.41) is 7.22. The van der Waals surface area contributed by atoms with E-state index in [0.717, 1.165) is 30.4 Å². The highest BCUT2D eigenvalue weighted by Crippen LogP contribution is 2.30. The molecule has 4 heteroatoms. The minimum absolute atomic E-state index is 0.208. The molecule has 0 atom stereocenters. The predicted octanol–water partition coefficient (Wildman–Crippen LogP) is 3.59. The van der Waals surface area contributed by atoms with E-state index in [9.17, 15) is 4.39 Å². The van der Waals surface area contributed by atoms with Gasteiger partial charge in [-0.05, 0) is 50.1 Å². The molecule has 2 aromatic rings. The van der Waals surface area contributed by atoms with Crippen LogP contribution in [0.15, 0.2) is 30.5 Å². The van der Waals surface area contributed by atoms with Crippen molar-refractivity contribution < 1.29 is 4.39 Å². The van der Waals surface area contributed by atoms with Crippen molar-refractivity contribution in [3.8, 4) is 11.3 Å². The van der Waals surface area contributed by atoms with Gasteiger partial charge in [-0.2, -0.15) is 5.10 Å². The van der Waals surface area contributed by atoms with Crippen molar-refractivity contribution in [1.29, 1.82) is 0 Å². The van der Waals surface area contributed by atoms with E-state index in [1.165, 1.54) is 37.0 Å². The van der Waals surface area contributed by atoms with Crippen LogP contribution in [0.3, 0.4) is 0 Å². The van der Waals surface area contributed by atoms with Crippen molar-refractivity contribution >= 4 is 0 Å². The van der Waals surface area contributed by atoms with E-state index in [4.69, 9.17) is 0 Å². The van der Waals surface area contributed by atoms with Gasteiger partial charge in [0.05, 0.1) is 11.9 Å². The Morgan fingerprint density at radius 3 is 2.70 bits per heavy atom. The van der Waals surface area contributed by atoms with Gasteiger partial charge in [0, 0.05) is 23.7 Å². The fourth-order valence-corrected chi connectivity index (χ4v) is 2.63. The molecule has 0 bridgehead atoms. The molecular formula is C16H20FN3. The van der Waals surface area contributed by atoms with Crippen LogP contribution in [0, 0.1) is 5.82 Å². The average molecular weight is 273 g/mol. The van der Waals surface area contributed by atoms with Crippen LogP contribution < -0.4 is 0 Å². The molecule has 0 unspecified atom stereocenters. The van der Waals surface area contributed by atoms with E-state index in [-0.39, 0.29) is 5.82 Å². The summed E-state index contributed by atoms with van der Waals surface area (Å²) in [5.74, 6) is -0.208. The smallest absolute Gasteiger partial charge is 0.123 e. The zero-order valence-corrected chi connectivity index (χ0v) is 11.8. The minimum atomic E-state index is -0.208. The second kappa shape index (κ2) is 5.75. The molecule has 3 nitrogen and oxygen atoms in total. The first kappa shape index (κ1) is 13.3. The molecule has 0 radical (unpaired) electrons. The lowest BCUT2D eigenvalue weighted by Crippen LogP contribution is -2.26. The summed E-state index contributed by atoms with van der Waals surface area (Å²) >= 11 is 0. The first-order chi connectivity index (χ1) is 9.78.